The Bertz CT molecular complexity index is 829. The number of Topliss-reactive ketones (excluding diaryl/α,β-unsaturated/α-hetero) is 1. The molecule has 0 aromatic heterocycles. The number of para-hydroxylation sites is 1. The van der Waals surface area contributed by atoms with Crippen molar-refractivity contribution < 1.29 is 18.7 Å². The number of rotatable bonds is 6. The lowest BCUT2D eigenvalue weighted by molar-refractivity contribution is -0.142. The topological polar surface area (TPSA) is 46.6 Å². The van der Waals surface area contributed by atoms with E-state index in [9.17, 15) is 14.0 Å². The maximum Gasteiger partial charge on any atom is 0.263 e. The first-order valence-corrected chi connectivity index (χ1v) is 9.74. The van der Waals surface area contributed by atoms with Crippen LogP contribution >= 0.6 is 0 Å². The summed E-state index contributed by atoms with van der Waals surface area (Å²) < 4.78 is 19.5. The van der Waals surface area contributed by atoms with Crippen molar-refractivity contribution in [2.45, 2.75) is 44.6 Å². The number of nitrogens with zero attached hydrogens (tertiary/aromatic N) is 1. The van der Waals surface area contributed by atoms with Gasteiger partial charge in [0.15, 0.2) is 17.7 Å². The van der Waals surface area contributed by atoms with E-state index in [1.54, 1.807) is 24.0 Å². The van der Waals surface area contributed by atoms with Crippen LogP contribution in [0.1, 0.15) is 38.7 Å². The number of ketones is 1. The lowest BCUT2D eigenvalue weighted by Crippen LogP contribution is -2.51. The average molecular weight is 383 g/mol. The highest BCUT2D eigenvalue weighted by Crippen LogP contribution is 2.36. The van der Waals surface area contributed by atoms with E-state index in [-0.39, 0.29) is 17.4 Å². The summed E-state index contributed by atoms with van der Waals surface area (Å²) in [5.74, 6) is -0.425. The van der Waals surface area contributed by atoms with Crippen molar-refractivity contribution in [3.8, 4) is 5.75 Å². The van der Waals surface area contributed by atoms with Gasteiger partial charge in [-0.2, -0.15) is 0 Å². The largest absolute Gasteiger partial charge is 0.478 e. The number of likely N-dealkylation sites (tertiary alicyclic amines) is 1. The molecule has 28 heavy (non-hydrogen) atoms. The van der Waals surface area contributed by atoms with Crippen LogP contribution in [0.5, 0.6) is 5.75 Å². The van der Waals surface area contributed by atoms with Gasteiger partial charge in [-0.25, -0.2) is 4.39 Å². The Morgan fingerprint density at radius 1 is 1.07 bits per heavy atom. The van der Waals surface area contributed by atoms with Crippen LogP contribution in [0.4, 0.5) is 4.39 Å². The van der Waals surface area contributed by atoms with Crippen molar-refractivity contribution in [3.63, 3.8) is 0 Å². The normalized spacial score (nSPS) is 17.0. The molecular weight excluding hydrogens is 357 g/mol. The van der Waals surface area contributed by atoms with E-state index < -0.39 is 17.3 Å². The van der Waals surface area contributed by atoms with Crippen molar-refractivity contribution in [2.75, 3.05) is 13.1 Å². The maximum absolute atomic E-state index is 13.9. The molecule has 1 amide bonds. The molecule has 2 aromatic carbocycles. The van der Waals surface area contributed by atoms with Crippen LogP contribution in [0.15, 0.2) is 54.6 Å². The zero-order valence-corrected chi connectivity index (χ0v) is 16.4. The molecule has 1 aliphatic heterocycles. The second-order valence-electron chi connectivity index (χ2n) is 7.27. The van der Waals surface area contributed by atoms with Crippen LogP contribution in [0.25, 0.3) is 0 Å². The highest BCUT2D eigenvalue weighted by atomic mass is 19.1. The monoisotopic (exact) mass is 383 g/mol. The fourth-order valence-electron chi connectivity index (χ4n) is 3.92. The number of piperidine rings is 1. The molecule has 0 aliphatic carbocycles. The van der Waals surface area contributed by atoms with Gasteiger partial charge in [0.25, 0.3) is 5.91 Å². The number of benzene rings is 2. The summed E-state index contributed by atoms with van der Waals surface area (Å²) in [6.07, 6.45) is 0.862. The van der Waals surface area contributed by atoms with Gasteiger partial charge in [0.2, 0.25) is 0 Å². The average Bonchev–Trinajstić information content (AvgIpc) is 2.73. The van der Waals surface area contributed by atoms with E-state index in [1.807, 2.05) is 37.3 Å². The van der Waals surface area contributed by atoms with Crippen LogP contribution < -0.4 is 4.74 Å². The molecule has 4 nitrogen and oxygen atoms in total. The van der Waals surface area contributed by atoms with Crippen LogP contribution in [-0.4, -0.2) is 35.8 Å². The first-order valence-electron chi connectivity index (χ1n) is 9.74. The number of hydrogen-bond acceptors (Lipinski definition) is 3. The van der Waals surface area contributed by atoms with Gasteiger partial charge < -0.3 is 9.64 Å². The smallest absolute Gasteiger partial charge is 0.263 e. The number of halogens is 1. The summed E-state index contributed by atoms with van der Waals surface area (Å²) in [5, 5.41) is 0. The van der Waals surface area contributed by atoms with Crippen molar-refractivity contribution in [3.05, 3.63) is 66.0 Å². The highest BCUT2D eigenvalue weighted by Gasteiger charge is 2.42. The third-order valence-corrected chi connectivity index (χ3v) is 5.68. The predicted octanol–water partition coefficient (Wildman–Crippen LogP) is 4.13. The first kappa shape index (κ1) is 20.1. The van der Waals surface area contributed by atoms with E-state index in [2.05, 4.69) is 0 Å². The second kappa shape index (κ2) is 8.55. The summed E-state index contributed by atoms with van der Waals surface area (Å²) in [6.45, 7) is 4.42. The highest BCUT2D eigenvalue weighted by molar-refractivity contribution is 5.89. The molecule has 5 heteroatoms. The molecule has 3 rings (SSSR count). The molecule has 0 spiro atoms. The van der Waals surface area contributed by atoms with E-state index in [0.29, 0.717) is 32.4 Å². The maximum atomic E-state index is 13.9. The van der Waals surface area contributed by atoms with Gasteiger partial charge in [0.05, 0.1) is 5.41 Å². The number of carbonyl (C=O) groups excluding carboxylic acids is 2. The molecule has 0 unspecified atom stereocenters. The number of amides is 1. The number of ether oxygens (including phenoxy) is 1. The number of carbonyl (C=O) groups is 2. The summed E-state index contributed by atoms with van der Waals surface area (Å²) in [7, 11) is 0. The minimum atomic E-state index is -0.738. The third kappa shape index (κ3) is 3.93. The SMILES string of the molecule is CC[C@@H](Oc1ccccc1F)C(=O)N1CCC(C(C)=O)(c2ccccc2)CC1. The van der Waals surface area contributed by atoms with E-state index in [0.717, 1.165) is 5.56 Å². The molecule has 0 radical (unpaired) electrons. The Labute approximate surface area is 165 Å². The standard InChI is InChI=1S/C23H26FNO3/c1-3-20(28-21-12-8-7-11-19(21)24)22(27)25-15-13-23(14-16-25,17(2)26)18-9-5-4-6-10-18/h4-12,20H,3,13-16H2,1-2H3/t20-/m1/s1. The van der Waals surface area contributed by atoms with Crippen LogP contribution in [0, 0.1) is 5.82 Å². The van der Waals surface area contributed by atoms with E-state index in [4.69, 9.17) is 4.74 Å². The Morgan fingerprint density at radius 2 is 1.68 bits per heavy atom. The van der Waals surface area contributed by atoms with Gasteiger partial charge in [-0.1, -0.05) is 49.4 Å². The Kier molecular flexibility index (Phi) is 6.12. The van der Waals surface area contributed by atoms with Crippen molar-refractivity contribution >= 4 is 11.7 Å². The first-order chi connectivity index (χ1) is 13.5. The summed E-state index contributed by atoms with van der Waals surface area (Å²) in [5.41, 5.74) is 0.454. The van der Waals surface area contributed by atoms with Gasteiger partial charge in [-0.05, 0) is 43.9 Å². The van der Waals surface area contributed by atoms with Gasteiger partial charge in [0, 0.05) is 13.1 Å². The molecule has 1 saturated heterocycles. The van der Waals surface area contributed by atoms with Crippen molar-refractivity contribution in [2.24, 2.45) is 0 Å². The fraction of sp³-hybridized carbons (Fsp3) is 0.391. The Hall–Kier alpha value is -2.69. The van der Waals surface area contributed by atoms with Gasteiger partial charge in [0.1, 0.15) is 5.78 Å². The van der Waals surface area contributed by atoms with E-state index >= 15 is 0 Å². The molecule has 1 heterocycles. The van der Waals surface area contributed by atoms with Crippen molar-refractivity contribution in [1.29, 1.82) is 0 Å². The van der Waals surface area contributed by atoms with Crippen molar-refractivity contribution in [1.82, 2.24) is 4.90 Å². The summed E-state index contributed by atoms with van der Waals surface area (Å²) in [4.78, 5) is 27.2. The molecule has 1 aliphatic rings. The number of hydrogen-bond donors (Lipinski definition) is 0. The Morgan fingerprint density at radius 3 is 2.25 bits per heavy atom. The van der Waals surface area contributed by atoms with Crippen LogP contribution in [-0.2, 0) is 15.0 Å². The fourth-order valence-corrected chi connectivity index (χ4v) is 3.92. The molecule has 2 aromatic rings. The summed E-state index contributed by atoms with van der Waals surface area (Å²) >= 11 is 0. The lowest BCUT2D eigenvalue weighted by atomic mass is 9.70. The zero-order chi connectivity index (χ0) is 20.1. The summed E-state index contributed by atoms with van der Waals surface area (Å²) in [6, 6.07) is 15.9. The van der Waals surface area contributed by atoms with Gasteiger partial charge in [-0.3, -0.25) is 9.59 Å². The van der Waals surface area contributed by atoms with Crippen LogP contribution in [0.2, 0.25) is 0 Å². The second-order valence-corrected chi connectivity index (χ2v) is 7.27. The van der Waals surface area contributed by atoms with Gasteiger partial charge in [-0.15, -0.1) is 0 Å². The molecule has 0 bridgehead atoms. The molecule has 1 atom stereocenters. The molecule has 148 valence electrons. The minimum absolute atomic E-state index is 0.0853. The molecule has 0 N–H and O–H groups in total. The third-order valence-electron chi connectivity index (χ3n) is 5.68. The predicted molar refractivity (Wildman–Crippen MR) is 106 cm³/mol. The molecule has 0 saturated carbocycles. The molecule has 1 fully saturated rings. The molecular formula is C23H26FNO3. The van der Waals surface area contributed by atoms with E-state index in [1.165, 1.54) is 12.1 Å². The minimum Gasteiger partial charge on any atom is -0.478 e. The zero-order valence-electron chi connectivity index (χ0n) is 16.4. The Balaban J connectivity index is 1.71. The van der Waals surface area contributed by atoms with Crippen LogP contribution in [0.3, 0.4) is 0 Å². The van der Waals surface area contributed by atoms with Gasteiger partial charge >= 0.3 is 0 Å². The lowest BCUT2D eigenvalue weighted by Gasteiger charge is -2.41. The quantitative estimate of drug-likeness (QED) is 0.753.